The Bertz CT molecular complexity index is 771. The molecule has 0 saturated heterocycles. The van der Waals surface area contributed by atoms with E-state index in [1.54, 1.807) is 28.8 Å². The molecule has 1 amide bonds. The fraction of sp³-hybridized carbons (Fsp3) is 0.188. The molecule has 5 nitrogen and oxygen atoms in total. The van der Waals surface area contributed by atoms with Gasteiger partial charge in [0.1, 0.15) is 12.2 Å². The topological polar surface area (TPSA) is 70.2 Å². The first kappa shape index (κ1) is 15.4. The average Bonchev–Trinajstić information content (AvgIpc) is 2.75. The number of aryl methyl sites for hydroxylation is 1. The summed E-state index contributed by atoms with van der Waals surface area (Å²) in [5, 5.41) is 12.2. The van der Waals surface area contributed by atoms with Crippen LogP contribution in [0.2, 0.25) is 0 Å². The molecule has 0 atom stereocenters. The molecule has 2 aromatic rings. The maximum atomic E-state index is 13.9. The first-order valence-electron chi connectivity index (χ1n) is 6.67. The molecule has 1 N–H and O–H groups in total. The molecule has 0 spiro atoms. The number of nitrogens with one attached hydrogen (secondary N) is 1. The molecular formula is C16H15FN4O. The summed E-state index contributed by atoms with van der Waals surface area (Å²) in [4.78, 5) is 11.2. The zero-order valence-corrected chi connectivity index (χ0v) is 12.3. The Labute approximate surface area is 127 Å². The van der Waals surface area contributed by atoms with Gasteiger partial charge in [-0.3, -0.25) is 4.79 Å². The molecule has 0 aliphatic rings. The summed E-state index contributed by atoms with van der Waals surface area (Å²) >= 11 is 0. The summed E-state index contributed by atoms with van der Waals surface area (Å²) in [7, 11) is 0. The Hall–Kier alpha value is -2.94. The molecule has 6 heteroatoms. The first-order valence-corrected chi connectivity index (χ1v) is 6.67. The number of nitrogens with zero attached hydrogens (tertiary/aromatic N) is 3. The number of hydrogen-bond acceptors (Lipinski definition) is 3. The third-order valence-corrected chi connectivity index (χ3v) is 3.20. The van der Waals surface area contributed by atoms with Crippen LogP contribution in [0.3, 0.4) is 0 Å². The third-order valence-electron chi connectivity index (χ3n) is 3.20. The lowest BCUT2D eigenvalue weighted by atomic mass is 10.2. The molecule has 0 aliphatic heterocycles. The van der Waals surface area contributed by atoms with Gasteiger partial charge < -0.3 is 4.57 Å². The smallest absolute Gasteiger partial charge is 0.254 e. The van der Waals surface area contributed by atoms with Crippen molar-refractivity contribution >= 4 is 12.1 Å². The molecule has 1 heterocycles. The van der Waals surface area contributed by atoms with E-state index in [0.717, 1.165) is 17.0 Å². The molecule has 1 aromatic heterocycles. The summed E-state index contributed by atoms with van der Waals surface area (Å²) < 4.78 is 15.7. The van der Waals surface area contributed by atoms with Gasteiger partial charge >= 0.3 is 0 Å². The Balaban J connectivity index is 2.29. The van der Waals surface area contributed by atoms with Gasteiger partial charge in [-0.1, -0.05) is 12.1 Å². The standard InChI is InChI=1S/C16H15FN4O/c1-11-9-13(10-19-20-16(22)7-8-18)12(2)21(11)15-6-4-3-5-14(15)17/h3-6,9-10H,7H2,1-2H3,(H,20,22)/b19-10+. The fourth-order valence-corrected chi connectivity index (χ4v) is 2.21. The van der Waals surface area contributed by atoms with Crippen molar-refractivity contribution in [1.29, 1.82) is 5.26 Å². The van der Waals surface area contributed by atoms with Crippen molar-refractivity contribution in [2.45, 2.75) is 20.3 Å². The van der Waals surface area contributed by atoms with Crippen LogP contribution in [0.15, 0.2) is 35.4 Å². The van der Waals surface area contributed by atoms with Gasteiger partial charge in [0.05, 0.1) is 18.0 Å². The number of halogens is 1. The van der Waals surface area contributed by atoms with Crippen molar-refractivity contribution < 1.29 is 9.18 Å². The highest BCUT2D eigenvalue weighted by molar-refractivity contribution is 5.84. The number of carbonyl (C=O) groups excluding carboxylic acids is 1. The highest BCUT2D eigenvalue weighted by atomic mass is 19.1. The van der Waals surface area contributed by atoms with E-state index in [9.17, 15) is 9.18 Å². The molecule has 0 unspecified atom stereocenters. The summed E-state index contributed by atoms with van der Waals surface area (Å²) in [6.07, 6.45) is 1.24. The summed E-state index contributed by atoms with van der Waals surface area (Å²) in [6, 6.07) is 10.1. The van der Waals surface area contributed by atoms with Gasteiger partial charge in [0.15, 0.2) is 0 Å². The average molecular weight is 298 g/mol. The maximum Gasteiger partial charge on any atom is 0.254 e. The van der Waals surface area contributed by atoms with Gasteiger partial charge in [-0.05, 0) is 32.0 Å². The SMILES string of the molecule is Cc1cc(/C=N/NC(=O)CC#N)c(C)n1-c1ccccc1F. The maximum absolute atomic E-state index is 13.9. The van der Waals surface area contributed by atoms with E-state index in [4.69, 9.17) is 5.26 Å². The van der Waals surface area contributed by atoms with Crippen LogP contribution in [-0.2, 0) is 4.79 Å². The molecule has 0 aliphatic carbocycles. The number of para-hydroxylation sites is 1. The van der Waals surface area contributed by atoms with Crippen LogP contribution in [-0.4, -0.2) is 16.7 Å². The van der Waals surface area contributed by atoms with Crippen molar-refractivity contribution in [2.75, 3.05) is 0 Å². The Morgan fingerprint density at radius 3 is 2.86 bits per heavy atom. The lowest BCUT2D eigenvalue weighted by Gasteiger charge is -2.10. The zero-order valence-electron chi connectivity index (χ0n) is 12.3. The number of aromatic nitrogens is 1. The van der Waals surface area contributed by atoms with E-state index in [1.807, 2.05) is 19.9 Å². The van der Waals surface area contributed by atoms with Crippen LogP contribution in [0.5, 0.6) is 0 Å². The predicted molar refractivity (Wildman–Crippen MR) is 81.2 cm³/mol. The second-order valence-electron chi connectivity index (χ2n) is 4.74. The second kappa shape index (κ2) is 6.68. The molecule has 0 fully saturated rings. The van der Waals surface area contributed by atoms with E-state index in [0.29, 0.717) is 5.69 Å². The first-order chi connectivity index (χ1) is 10.5. The molecule has 22 heavy (non-hydrogen) atoms. The number of benzene rings is 1. The van der Waals surface area contributed by atoms with Crippen LogP contribution in [0.4, 0.5) is 4.39 Å². The van der Waals surface area contributed by atoms with Crippen LogP contribution in [0, 0.1) is 31.0 Å². The third kappa shape index (κ3) is 3.20. The minimum absolute atomic E-state index is 0.244. The van der Waals surface area contributed by atoms with Crippen LogP contribution >= 0.6 is 0 Å². The molecule has 2 rings (SSSR count). The lowest BCUT2D eigenvalue weighted by Crippen LogP contribution is -2.16. The zero-order chi connectivity index (χ0) is 16.1. The predicted octanol–water partition coefficient (Wildman–Crippen LogP) is 2.60. The number of rotatable bonds is 4. The quantitative estimate of drug-likeness (QED) is 0.696. The number of amides is 1. The van der Waals surface area contributed by atoms with Crippen molar-refractivity contribution in [1.82, 2.24) is 9.99 Å². The van der Waals surface area contributed by atoms with E-state index in [-0.39, 0.29) is 12.2 Å². The van der Waals surface area contributed by atoms with Crippen molar-refractivity contribution in [3.8, 4) is 11.8 Å². The molecule has 112 valence electrons. The molecule has 1 aromatic carbocycles. The van der Waals surface area contributed by atoms with Gasteiger partial charge in [-0.2, -0.15) is 10.4 Å². The summed E-state index contributed by atoms with van der Waals surface area (Å²) in [5.74, 6) is -0.781. The van der Waals surface area contributed by atoms with Gasteiger partial charge in [-0.25, -0.2) is 9.82 Å². The van der Waals surface area contributed by atoms with E-state index >= 15 is 0 Å². The van der Waals surface area contributed by atoms with Gasteiger partial charge in [0.25, 0.3) is 5.91 Å². The minimum atomic E-state index is -0.471. The van der Waals surface area contributed by atoms with E-state index in [1.165, 1.54) is 12.3 Å². The Morgan fingerprint density at radius 1 is 1.45 bits per heavy atom. The van der Waals surface area contributed by atoms with Crippen LogP contribution in [0.25, 0.3) is 5.69 Å². The van der Waals surface area contributed by atoms with Crippen molar-refractivity contribution in [3.63, 3.8) is 0 Å². The van der Waals surface area contributed by atoms with E-state index < -0.39 is 5.91 Å². The highest BCUT2D eigenvalue weighted by Gasteiger charge is 2.12. The van der Waals surface area contributed by atoms with Gasteiger partial charge in [0.2, 0.25) is 0 Å². The highest BCUT2D eigenvalue weighted by Crippen LogP contribution is 2.21. The molecule has 0 bridgehead atoms. The lowest BCUT2D eigenvalue weighted by molar-refractivity contribution is -0.120. The minimum Gasteiger partial charge on any atom is -0.315 e. The van der Waals surface area contributed by atoms with Gasteiger partial charge in [0, 0.05) is 17.0 Å². The summed E-state index contributed by atoms with van der Waals surface area (Å²) in [5.41, 5.74) is 5.15. The van der Waals surface area contributed by atoms with Crippen LogP contribution in [0.1, 0.15) is 23.4 Å². The summed E-state index contributed by atoms with van der Waals surface area (Å²) in [6.45, 7) is 3.71. The monoisotopic (exact) mass is 298 g/mol. The molecule has 0 saturated carbocycles. The largest absolute Gasteiger partial charge is 0.315 e. The van der Waals surface area contributed by atoms with E-state index in [2.05, 4.69) is 10.5 Å². The number of hydrogen-bond donors (Lipinski definition) is 1. The fourth-order valence-electron chi connectivity index (χ4n) is 2.21. The molecule has 0 radical (unpaired) electrons. The van der Waals surface area contributed by atoms with Crippen molar-refractivity contribution in [3.05, 3.63) is 53.1 Å². The number of hydrazone groups is 1. The van der Waals surface area contributed by atoms with Crippen LogP contribution < -0.4 is 5.43 Å². The number of carbonyl (C=O) groups is 1. The van der Waals surface area contributed by atoms with Gasteiger partial charge in [-0.15, -0.1) is 0 Å². The normalized spacial score (nSPS) is 10.6. The molecular weight excluding hydrogens is 283 g/mol. The number of nitriles is 1. The van der Waals surface area contributed by atoms with Crippen molar-refractivity contribution in [2.24, 2.45) is 5.10 Å². The second-order valence-corrected chi connectivity index (χ2v) is 4.74. The Morgan fingerprint density at radius 2 is 2.18 bits per heavy atom. The Kier molecular flexibility index (Phi) is 4.69.